The number of urea groups is 1. The number of imidazole rings is 1. The topological polar surface area (TPSA) is 153 Å². The second-order valence-corrected chi connectivity index (χ2v) is 8.01. The SMILES string of the molecule is CC(C)(C)NC(=O)Nc1cc(=NC2CC2)n2nc/c(=C\c3[nH]c(=O)[nH]c3O)c2n1. The van der Waals surface area contributed by atoms with Crippen LogP contribution in [-0.2, 0) is 0 Å². The van der Waals surface area contributed by atoms with Gasteiger partial charge in [0.2, 0.25) is 5.88 Å². The minimum atomic E-state index is -0.524. The van der Waals surface area contributed by atoms with Crippen LogP contribution in [0.4, 0.5) is 10.6 Å². The molecule has 1 saturated carbocycles. The van der Waals surface area contributed by atoms with Crippen molar-refractivity contribution in [3.05, 3.63) is 39.1 Å². The smallest absolute Gasteiger partial charge is 0.326 e. The van der Waals surface area contributed by atoms with Gasteiger partial charge in [-0.3, -0.25) is 15.3 Å². The van der Waals surface area contributed by atoms with E-state index in [0.717, 1.165) is 12.8 Å². The lowest BCUT2D eigenvalue weighted by Crippen LogP contribution is -2.43. The molecule has 0 atom stereocenters. The van der Waals surface area contributed by atoms with E-state index in [1.807, 2.05) is 20.8 Å². The van der Waals surface area contributed by atoms with Gasteiger partial charge in [0.05, 0.1) is 12.2 Å². The lowest BCUT2D eigenvalue weighted by molar-refractivity contribution is 0.243. The minimum Gasteiger partial charge on any atom is -0.493 e. The molecule has 4 rings (SSSR count). The number of H-pyrrole nitrogens is 2. The number of rotatable bonds is 3. The molecule has 11 heteroatoms. The molecule has 0 unspecified atom stereocenters. The predicted octanol–water partition coefficient (Wildman–Crippen LogP) is -0.0179. The molecular weight excluding hydrogens is 376 g/mol. The lowest BCUT2D eigenvalue weighted by atomic mass is 10.1. The number of nitrogens with zero attached hydrogens (tertiary/aromatic N) is 4. The Morgan fingerprint density at radius 3 is 2.76 bits per heavy atom. The number of carbonyl (C=O) groups is 1. The van der Waals surface area contributed by atoms with E-state index in [9.17, 15) is 14.7 Å². The van der Waals surface area contributed by atoms with Gasteiger partial charge in [0.1, 0.15) is 11.5 Å². The van der Waals surface area contributed by atoms with Gasteiger partial charge in [-0.25, -0.2) is 14.6 Å². The van der Waals surface area contributed by atoms with Crippen molar-refractivity contribution in [2.75, 3.05) is 5.32 Å². The molecule has 0 radical (unpaired) electrons. The second-order valence-electron chi connectivity index (χ2n) is 8.01. The van der Waals surface area contributed by atoms with Gasteiger partial charge in [0, 0.05) is 16.8 Å². The summed E-state index contributed by atoms with van der Waals surface area (Å²) in [5.74, 6) is 0.0386. The molecule has 5 N–H and O–H groups in total. The number of nitrogens with one attached hydrogen (secondary N) is 4. The highest BCUT2D eigenvalue weighted by molar-refractivity contribution is 5.88. The van der Waals surface area contributed by atoms with E-state index in [1.165, 1.54) is 0 Å². The average Bonchev–Trinajstić information content (AvgIpc) is 3.22. The molecule has 1 aliphatic rings. The van der Waals surface area contributed by atoms with E-state index < -0.39 is 11.2 Å². The molecule has 0 saturated heterocycles. The van der Waals surface area contributed by atoms with Gasteiger partial charge in [-0.1, -0.05) is 0 Å². The van der Waals surface area contributed by atoms with E-state index in [-0.39, 0.29) is 23.6 Å². The van der Waals surface area contributed by atoms with Crippen LogP contribution < -0.4 is 27.0 Å². The van der Waals surface area contributed by atoms with Gasteiger partial charge in [0.15, 0.2) is 11.1 Å². The second kappa shape index (κ2) is 6.76. The molecule has 11 nitrogen and oxygen atoms in total. The Bertz CT molecular complexity index is 1260. The molecule has 2 amide bonds. The maximum Gasteiger partial charge on any atom is 0.326 e. The van der Waals surface area contributed by atoms with Crippen LogP contribution in [-0.4, -0.2) is 47.3 Å². The summed E-state index contributed by atoms with van der Waals surface area (Å²) in [5, 5.41) is 20.2. The molecule has 0 aromatic carbocycles. The Hall–Kier alpha value is -3.63. The van der Waals surface area contributed by atoms with E-state index in [1.54, 1.807) is 22.9 Å². The van der Waals surface area contributed by atoms with E-state index in [4.69, 9.17) is 0 Å². The summed E-state index contributed by atoms with van der Waals surface area (Å²) < 4.78 is 1.57. The Morgan fingerprint density at radius 2 is 2.14 bits per heavy atom. The molecule has 1 fully saturated rings. The first-order chi connectivity index (χ1) is 13.7. The van der Waals surface area contributed by atoms with E-state index in [2.05, 4.69) is 35.7 Å². The van der Waals surface area contributed by atoms with Crippen molar-refractivity contribution >= 4 is 23.6 Å². The summed E-state index contributed by atoms with van der Waals surface area (Å²) >= 11 is 0. The van der Waals surface area contributed by atoms with Crippen LogP contribution in [0.25, 0.3) is 11.7 Å². The number of amides is 2. The first kappa shape index (κ1) is 18.7. The Kier molecular flexibility index (Phi) is 4.36. The van der Waals surface area contributed by atoms with Crippen molar-refractivity contribution < 1.29 is 9.90 Å². The van der Waals surface area contributed by atoms with Crippen molar-refractivity contribution in [2.45, 2.75) is 45.2 Å². The number of carbonyl (C=O) groups excluding carboxylic acids is 1. The largest absolute Gasteiger partial charge is 0.493 e. The maximum atomic E-state index is 12.3. The van der Waals surface area contributed by atoms with Gasteiger partial charge >= 0.3 is 11.7 Å². The quantitative estimate of drug-likeness (QED) is 0.420. The van der Waals surface area contributed by atoms with Gasteiger partial charge in [0.25, 0.3) is 0 Å². The zero-order valence-corrected chi connectivity index (χ0v) is 16.3. The van der Waals surface area contributed by atoms with Crippen LogP contribution in [0.5, 0.6) is 5.88 Å². The number of aromatic hydroxyl groups is 1. The first-order valence-electron chi connectivity index (χ1n) is 9.23. The third kappa shape index (κ3) is 4.28. The number of aromatic amines is 2. The standard InChI is InChI=1S/C18H22N8O3/c1-18(2,3)25-17(29)23-12-7-13(20-10-4-5-10)26-14(22-12)9(8-19-26)6-11-15(27)24-16(28)21-11/h6-8,10,27H,4-5H2,1-3H3,(H2,21,24,28)(H2,23,25,29)/b9-6+,20-13?. The average molecular weight is 398 g/mol. The highest BCUT2D eigenvalue weighted by Crippen LogP contribution is 2.22. The third-order valence-electron chi connectivity index (χ3n) is 4.11. The molecular formula is C18H22N8O3. The van der Waals surface area contributed by atoms with E-state index in [0.29, 0.717) is 22.2 Å². The van der Waals surface area contributed by atoms with Crippen LogP contribution in [0.1, 0.15) is 39.3 Å². The fourth-order valence-corrected chi connectivity index (χ4v) is 2.75. The monoisotopic (exact) mass is 398 g/mol. The zero-order chi connectivity index (χ0) is 20.8. The van der Waals surface area contributed by atoms with Crippen molar-refractivity contribution in [3.63, 3.8) is 0 Å². The van der Waals surface area contributed by atoms with Crippen LogP contribution in [0.15, 0.2) is 22.1 Å². The Labute approximate surface area is 164 Å². The summed E-state index contributed by atoms with van der Waals surface area (Å²) in [6.07, 6.45) is 5.12. The van der Waals surface area contributed by atoms with Gasteiger partial charge in [-0.15, -0.1) is 0 Å². The summed E-state index contributed by atoms with van der Waals surface area (Å²) in [7, 11) is 0. The minimum absolute atomic E-state index is 0.205. The third-order valence-corrected chi connectivity index (χ3v) is 4.11. The fraction of sp³-hybridized carbons (Fsp3) is 0.389. The summed E-state index contributed by atoms with van der Waals surface area (Å²) in [4.78, 5) is 37.5. The summed E-state index contributed by atoms with van der Waals surface area (Å²) in [5.41, 5.74) is 0.275. The molecule has 3 heterocycles. The molecule has 3 aromatic rings. The normalized spacial score (nSPS) is 15.8. The molecule has 1 aliphatic carbocycles. The number of hydrogen-bond acceptors (Lipinski definition) is 6. The van der Waals surface area contributed by atoms with Crippen molar-refractivity contribution in [1.82, 2.24) is 29.9 Å². The number of hydrogen-bond donors (Lipinski definition) is 5. The van der Waals surface area contributed by atoms with Crippen LogP contribution >= 0.6 is 0 Å². The lowest BCUT2D eigenvalue weighted by Gasteiger charge is -2.20. The Morgan fingerprint density at radius 1 is 1.38 bits per heavy atom. The summed E-state index contributed by atoms with van der Waals surface area (Å²) in [6, 6.07) is 1.52. The zero-order valence-electron chi connectivity index (χ0n) is 16.3. The molecule has 29 heavy (non-hydrogen) atoms. The van der Waals surface area contributed by atoms with Crippen molar-refractivity contribution in [1.29, 1.82) is 0 Å². The summed E-state index contributed by atoms with van der Waals surface area (Å²) in [6.45, 7) is 5.64. The molecule has 0 spiro atoms. The number of aromatic nitrogens is 5. The predicted molar refractivity (Wildman–Crippen MR) is 105 cm³/mol. The molecule has 152 valence electrons. The van der Waals surface area contributed by atoms with Crippen molar-refractivity contribution in [2.24, 2.45) is 4.99 Å². The van der Waals surface area contributed by atoms with Crippen LogP contribution in [0.2, 0.25) is 0 Å². The first-order valence-corrected chi connectivity index (χ1v) is 9.23. The Balaban J connectivity index is 1.82. The maximum absolute atomic E-state index is 12.3. The van der Waals surface area contributed by atoms with Gasteiger partial charge in [-0.2, -0.15) is 9.61 Å². The van der Waals surface area contributed by atoms with Crippen molar-refractivity contribution in [3.8, 4) is 5.88 Å². The highest BCUT2D eigenvalue weighted by Gasteiger charge is 2.21. The van der Waals surface area contributed by atoms with Crippen LogP contribution in [0.3, 0.4) is 0 Å². The number of anilines is 1. The molecule has 0 aliphatic heterocycles. The van der Waals surface area contributed by atoms with E-state index >= 15 is 0 Å². The van der Waals surface area contributed by atoms with Gasteiger partial charge in [-0.05, 0) is 39.7 Å². The number of fused-ring (bicyclic) bond motifs is 1. The molecule has 3 aromatic heterocycles. The van der Waals surface area contributed by atoms with Crippen LogP contribution in [0, 0.1) is 0 Å². The molecule has 0 bridgehead atoms. The fourth-order valence-electron chi connectivity index (χ4n) is 2.75. The highest BCUT2D eigenvalue weighted by atomic mass is 16.3. The van der Waals surface area contributed by atoms with Gasteiger partial charge < -0.3 is 15.4 Å².